The lowest BCUT2D eigenvalue weighted by atomic mass is 9.75. The molecular formula is C22H25N3O2. The molecule has 0 saturated carbocycles. The van der Waals surface area contributed by atoms with Crippen LogP contribution >= 0.6 is 0 Å². The number of amides is 1. The second-order valence-corrected chi connectivity index (χ2v) is 7.93. The summed E-state index contributed by atoms with van der Waals surface area (Å²) in [5.74, 6) is 1.98. The number of benzene rings is 1. The third-order valence-electron chi connectivity index (χ3n) is 6.70. The molecule has 0 spiro atoms. The number of hydrogen-bond acceptors (Lipinski definition) is 4. The molecule has 1 aromatic carbocycles. The summed E-state index contributed by atoms with van der Waals surface area (Å²) in [7, 11) is 1.71. The Morgan fingerprint density at radius 3 is 2.63 bits per heavy atom. The molecule has 1 amide bonds. The minimum Gasteiger partial charge on any atom is -0.497 e. The van der Waals surface area contributed by atoms with Crippen molar-refractivity contribution in [3.63, 3.8) is 0 Å². The van der Waals surface area contributed by atoms with E-state index in [0.29, 0.717) is 23.9 Å². The Morgan fingerprint density at radius 2 is 1.89 bits per heavy atom. The molecule has 0 aliphatic carbocycles. The van der Waals surface area contributed by atoms with Crippen molar-refractivity contribution in [1.82, 2.24) is 14.8 Å². The van der Waals surface area contributed by atoms with E-state index >= 15 is 0 Å². The van der Waals surface area contributed by atoms with Gasteiger partial charge < -0.3 is 9.64 Å². The molecule has 2 aromatic rings. The van der Waals surface area contributed by atoms with E-state index in [0.717, 1.165) is 30.9 Å². The van der Waals surface area contributed by atoms with Crippen LogP contribution in [0.5, 0.6) is 5.75 Å². The van der Waals surface area contributed by atoms with E-state index < -0.39 is 0 Å². The number of ether oxygens (including phenoxy) is 1. The maximum Gasteiger partial charge on any atom is 0.254 e. The van der Waals surface area contributed by atoms with Gasteiger partial charge >= 0.3 is 0 Å². The van der Waals surface area contributed by atoms with Gasteiger partial charge in [0, 0.05) is 36.5 Å². The quantitative estimate of drug-likeness (QED) is 0.841. The molecule has 0 unspecified atom stereocenters. The van der Waals surface area contributed by atoms with Crippen LogP contribution in [0.25, 0.3) is 0 Å². The molecule has 2 bridgehead atoms. The average Bonchev–Trinajstić information content (AvgIpc) is 3.18. The first kappa shape index (κ1) is 16.8. The van der Waals surface area contributed by atoms with Crippen LogP contribution in [0.4, 0.5) is 0 Å². The number of pyridine rings is 1. The summed E-state index contributed by atoms with van der Waals surface area (Å²) < 4.78 is 5.45. The van der Waals surface area contributed by atoms with E-state index in [-0.39, 0.29) is 5.91 Å². The third kappa shape index (κ3) is 2.72. The first-order valence-corrected chi connectivity index (χ1v) is 9.85. The molecule has 4 aliphatic heterocycles. The number of carbonyl (C=O) groups is 1. The molecule has 4 aliphatic rings. The Bertz CT molecular complexity index is 832. The summed E-state index contributed by atoms with van der Waals surface area (Å²) in [6.07, 6.45) is 5.81. The van der Waals surface area contributed by atoms with Crippen molar-refractivity contribution in [2.24, 2.45) is 5.92 Å². The fraction of sp³-hybridized carbons (Fsp3) is 0.455. The molecule has 0 N–H and O–H groups in total. The Labute approximate surface area is 159 Å². The number of nitrogens with zero attached hydrogens (tertiary/aromatic N) is 3. The van der Waals surface area contributed by atoms with Gasteiger partial charge in [-0.15, -0.1) is 0 Å². The van der Waals surface area contributed by atoms with Gasteiger partial charge in [-0.05, 0) is 61.7 Å². The fourth-order valence-corrected chi connectivity index (χ4v) is 5.48. The highest BCUT2D eigenvalue weighted by Gasteiger charge is 2.54. The smallest absolute Gasteiger partial charge is 0.254 e. The Morgan fingerprint density at radius 1 is 1.11 bits per heavy atom. The maximum atomic E-state index is 13.3. The average molecular weight is 363 g/mol. The number of methoxy groups -OCH3 is 1. The lowest BCUT2D eigenvalue weighted by molar-refractivity contribution is -0.00341. The second kappa shape index (κ2) is 6.64. The van der Waals surface area contributed by atoms with Crippen LogP contribution in [-0.4, -0.2) is 59.5 Å². The molecular weight excluding hydrogens is 338 g/mol. The summed E-state index contributed by atoms with van der Waals surface area (Å²) >= 11 is 0. The summed E-state index contributed by atoms with van der Waals surface area (Å²) in [6.45, 7) is 3.09. The summed E-state index contributed by atoms with van der Waals surface area (Å²) in [5, 5.41) is 0. The summed E-state index contributed by atoms with van der Waals surface area (Å²) in [6, 6.07) is 12.8. The lowest BCUT2D eigenvalue weighted by Crippen LogP contribution is -2.60. The standard InChI is InChI=1S/C22H25N3O2/c1-27-18-4-2-3-17(13-18)19-14-25(22(26)16-5-9-23-10-6-16)20-15-7-11-24(12-8-15)21(19)20/h2-6,9-10,13,15,19-21H,7-8,11-12,14H2,1H3/t19-,20-,21-/m1/s1. The predicted molar refractivity (Wildman–Crippen MR) is 103 cm³/mol. The van der Waals surface area contributed by atoms with Crippen LogP contribution in [0, 0.1) is 5.92 Å². The van der Waals surface area contributed by atoms with Crippen LogP contribution < -0.4 is 4.74 Å². The van der Waals surface area contributed by atoms with Gasteiger partial charge in [-0.25, -0.2) is 0 Å². The number of piperidine rings is 3. The molecule has 5 nitrogen and oxygen atoms in total. The van der Waals surface area contributed by atoms with Crippen LogP contribution in [0.15, 0.2) is 48.8 Å². The number of carbonyl (C=O) groups excluding carboxylic acids is 1. The van der Waals surface area contributed by atoms with Crippen molar-refractivity contribution in [1.29, 1.82) is 0 Å². The minimum absolute atomic E-state index is 0.145. The number of likely N-dealkylation sites (tertiary alicyclic amines) is 1. The van der Waals surface area contributed by atoms with Gasteiger partial charge in [-0.3, -0.25) is 14.7 Å². The molecule has 5 heterocycles. The van der Waals surface area contributed by atoms with E-state index in [1.165, 1.54) is 18.4 Å². The summed E-state index contributed by atoms with van der Waals surface area (Å²) in [4.78, 5) is 22.2. The highest BCUT2D eigenvalue weighted by atomic mass is 16.5. The van der Waals surface area contributed by atoms with Gasteiger partial charge in [0.15, 0.2) is 0 Å². The topological polar surface area (TPSA) is 45.7 Å². The normalized spacial score (nSPS) is 31.6. The van der Waals surface area contributed by atoms with Gasteiger partial charge in [0.1, 0.15) is 5.75 Å². The zero-order valence-corrected chi connectivity index (χ0v) is 15.6. The molecule has 5 heteroatoms. The van der Waals surface area contributed by atoms with E-state index in [9.17, 15) is 4.79 Å². The van der Waals surface area contributed by atoms with E-state index in [1.54, 1.807) is 19.5 Å². The Balaban J connectivity index is 1.53. The third-order valence-corrected chi connectivity index (χ3v) is 6.70. The Kier molecular flexibility index (Phi) is 4.12. The van der Waals surface area contributed by atoms with Crippen molar-refractivity contribution in [2.75, 3.05) is 26.7 Å². The van der Waals surface area contributed by atoms with E-state index in [1.807, 2.05) is 18.2 Å². The first-order valence-electron chi connectivity index (χ1n) is 9.85. The largest absolute Gasteiger partial charge is 0.497 e. The molecule has 6 rings (SSSR count). The van der Waals surface area contributed by atoms with Crippen LogP contribution in [0.3, 0.4) is 0 Å². The van der Waals surface area contributed by atoms with Gasteiger partial charge in [0.2, 0.25) is 0 Å². The van der Waals surface area contributed by atoms with Crippen molar-refractivity contribution < 1.29 is 9.53 Å². The SMILES string of the molecule is COc1cccc([C@H]2CN(C(=O)c3ccncc3)[C@@H]3C4CCN(CC4)[C@H]23)c1. The second-order valence-electron chi connectivity index (χ2n) is 7.93. The van der Waals surface area contributed by atoms with E-state index in [4.69, 9.17) is 4.74 Å². The number of fused-ring (bicyclic) bond motifs is 2. The zero-order chi connectivity index (χ0) is 18.4. The van der Waals surface area contributed by atoms with Crippen LogP contribution in [-0.2, 0) is 0 Å². The number of aromatic nitrogens is 1. The monoisotopic (exact) mass is 363 g/mol. The van der Waals surface area contributed by atoms with E-state index in [2.05, 4.69) is 33.0 Å². The predicted octanol–water partition coefficient (Wildman–Crippen LogP) is 2.79. The first-order chi connectivity index (χ1) is 13.3. The van der Waals surface area contributed by atoms with Crippen molar-refractivity contribution >= 4 is 5.91 Å². The molecule has 3 atom stereocenters. The highest BCUT2D eigenvalue weighted by molar-refractivity contribution is 5.94. The highest BCUT2D eigenvalue weighted by Crippen LogP contribution is 2.47. The van der Waals surface area contributed by atoms with Gasteiger partial charge in [-0.1, -0.05) is 12.1 Å². The molecule has 4 saturated heterocycles. The van der Waals surface area contributed by atoms with Gasteiger partial charge in [0.05, 0.1) is 13.2 Å². The van der Waals surface area contributed by atoms with Gasteiger partial charge in [0.25, 0.3) is 5.91 Å². The number of hydrogen-bond donors (Lipinski definition) is 0. The summed E-state index contributed by atoms with van der Waals surface area (Å²) in [5.41, 5.74) is 2.02. The molecule has 0 radical (unpaired) electrons. The molecule has 4 fully saturated rings. The Hall–Kier alpha value is -2.40. The molecule has 1 aromatic heterocycles. The van der Waals surface area contributed by atoms with Crippen molar-refractivity contribution in [3.8, 4) is 5.75 Å². The number of rotatable bonds is 3. The fourth-order valence-electron chi connectivity index (χ4n) is 5.48. The maximum absolute atomic E-state index is 13.3. The molecule has 140 valence electrons. The zero-order valence-electron chi connectivity index (χ0n) is 15.6. The van der Waals surface area contributed by atoms with Crippen molar-refractivity contribution in [2.45, 2.75) is 30.8 Å². The van der Waals surface area contributed by atoms with Crippen LogP contribution in [0.1, 0.15) is 34.7 Å². The van der Waals surface area contributed by atoms with Crippen LogP contribution in [0.2, 0.25) is 0 Å². The lowest BCUT2D eigenvalue weighted by Gasteiger charge is -2.51. The molecule has 27 heavy (non-hydrogen) atoms. The van der Waals surface area contributed by atoms with Gasteiger partial charge in [-0.2, -0.15) is 0 Å². The van der Waals surface area contributed by atoms with Crippen molar-refractivity contribution in [3.05, 3.63) is 59.9 Å². The minimum atomic E-state index is 0.145.